The van der Waals surface area contributed by atoms with Gasteiger partial charge in [-0.3, -0.25) is 0 Å². The van der Waals surface area contributed by atoms with Crippen molar-refractivity contribution in [3.05, 3.63) is 157 Å². The number of fused-ring (bicyclic) bond motifs is 8. The van der Waals surface area contributed by atoms with Gasteiger partial charge in [-0.25, -0.2) is 0 Å². The first kappa shape index (κ1) is 26.9. The fraction of sp³-hybridized carbons (Fsp3) is 0.0698. The van der Waals surface area contributed by atoms with Crippen LogP contribution in [0, 0.1) is 5.92 Å². The second kappa shape index (κ2) is 9.94. The fourth-order valence-corrected chi connectivity index (χ4v) is 8.48. The predicted molar refractivity (Wildman–Crippen MR) is 200 cm³/mol. The third-order valence-corrected chi connectivity index (χ3v) is 10.5. The number of para-hydroxylation sites is 6. The standard InChI is InChI=1S/C43H30BN3O2/c1-27-22-23-34-40(24-27)49-39-21-11-17-32-43(39)47(34)36-26-30(45(28-12-4-2-5-13-28)29-14-6-3-7-15-29)25-35-41(36)44(32)31-16-10-20-38-42(31)46(35)33-18-8-9-19-37(33)48-38/h2-21,23-27H,22H2,1H3. The molecule has 49 heavy (non-hydrogen) atoms. The Kier molecular flexibility index (Phi) is 5.45. The van der Waals surface area contributed by atoms with Gasteiger partial charge in [0.05, 0.1) is 28.4 Å². The predicted octanol–water partition coefficient (Wildman–Crippen LogP) is 9.21. The SMILES string of the molecule is CC1C=C2Oc3cccc4c3N(C2=CC1)c1cc(N(c2ccccc2)c2ccccc2)cc2c1B4c1cccc3c1N2c1ccccc1O3. The summed E-state index contributed by atoms with van der Waals surface area (Å²) in [6.07, 6.45) is 5.61. The number of ether oxygens (including phenoxy) is 2. The van der Waals surface area contributed by atoms with Gasteiger partial charge >= 0.3 is 0 Å². The van der Waals surface area contributed by atoms with E-state index in [1.807, 2.05) is 0 Å². The molecule has 0 saturated carbocycles. The van der Waals surface area contributed by atoms with Crippen LogP contribution < -0.4 is 40.6 Å². The highest BCUT2D eigenvalue weighted by atomic mass is 16.5. The maximum atomic E-state index is 6.74. The largest absolute Gasteiger partial charge is 0.453 e. The van der Waals surface area contributed by atoms with Crippen molar-refractivity contribution in [1.29, 1.82) is 0 Å². The minimum absolute atomic E-state index is 0.00976. The first-order chi connectivity index (χ1) is 24.2. The van der Waals surface area contributed by atoms with E-state index in [2.05, 4.69) is 167 Å². The molecule has 11 rings (SSSR count). The van der Waals surface area contributed by atoms with Gasteiger partial charge in [0.25, 0.3) is 6.71 Å². The number of allylic oxidation sites excluding steroid dienone is 2. The Morgan fingerprint density at radius 2 is 1.18 bits per heavy atom. The molecular formula is C43H30BN3O2. The molecule has 0 N–H and O–H groups in total. The molecular weight excluding hydrogens is 601 g/mol. The lowest BCUT2D eigenvalue weighted by molar-refractivity contribution is 0.411. The van der Waals surface area contributed by atoms with Crippen LogP contribution in [-0.4, -0.2) is 6.71 Å². The highest BCUT2D eigenvalue weighted by molar-refractivity contribution is 7.00. The molecule has 5 nitrogen and oxygen atoms in total. The van der Waals surface area contributed by atoms with Crippen LogP contribution in [0.3, 0.4) is 0 Å². The van der Waals surface area contributed by atoms with Crippen LogP contribution in [0.5, 0.6) is 17.2 Å². The van der Waals surface area contributed by atoms with Gasteiger partial charge in [-0.2, -0.15) is 0 Å². The monoisotopic (exact) mass is 631 g/mol. The molecule has 1 atom stereocenters. The van der Waals surface area contributed by atoms with E-state index in [4.69, 9.17) is 9.47 Å². The molecule has 0 bridgehead atoms. The second-order valence-electron chi connectivity index (χ2n) is 13.4. The lowest BCUT2D eigenvalue weighted by atomic mass is 9.33. The summed E-state index contributed by atoms with van der Waals surface area (Å²) < 4.78 is 13.4. The molecule has 0 amide bonds. The van der Waals surface area contributed by atoms with Crippen LogP contribution in [0.4, 0.5) is 45.5 Å². The van der Waals surface area contributed by atoms with Gasteiger partial charge in [0.1, 0.15) is 5.76 Å². The molecule has 4 heterocycles. The first-order valence-electron chi connectivity index (χ1n) is 17.0. The molecule has 1 aliphatic carbocycles. The van der Waals surface area contributed by atoms with E-state index in [0.29, 0.717) is 5.92 Å². The number of nitrogens with zero attached hydrogens (tertiary/aromatic N) is 3. The topological polar surface area (TPSA) is 28.2 Å². The van der Waals surface area contributed by atoms with Gasteiger partial charge in [0.2, 0.25) is 0 Å². The Labute approximate surface area is 285 Å². The van der Waals surface area contributed by atoms with Crippen molar-refractivity contribution in [2.24, 2.45) is 5.92 Å². The molecule has 4 aliphatic heterocycles. The molecule has 0 fully saturated rings. The number of rotatable bonds is 3. The Morgan fingerprint density at radius 3 is 1.90 bits per heavy atom. The summed E-state index contributed by atoms with van der Waals surface area (Å²) in [5.74, 6) is 3.95. The lowest BCUT2D eigenvalue weighted by Gasteiger charge is -2.48. The summed E-state index contributed by atoms with van der Waals surface area (Å²) in [7, 11) is 0. The first-order valence-corrected chi connectivity index (χ1v) is 17.0. The van der Waals surface area contributed by atoms with Crippen LogP contribution >= 0.6 is 0 Å². The van der Waals surface area contributed by atoms with E-state index >= 15 is 0 Å². The third kappa shape index (κ3) is 3.71. The molecule has 232 valence electrons. The van der Waals surface area contributed by atoms with Crippen molar-refractivity contribution in [2.45, 2.75) is 13.3 Å². The van der Waals surface area contributed by atoms with Gasteiger partial charge in [-0.1, -0.05) is 85.8 Å². The summed E-state index contributed by atoms with van der Waals surface area (Å²) in [6.45, 7) is 2.25. The molecule has 0 spiro atoms. The number of anilines is 8. The van der Waals surface area contributed by atoms with E-state index in [9.17, 15) is 0 Å². The lowest BCUT2D eigenvalue weighted by Crippen LogP contribution is -2.62. The van der Waals surface area contributed by atoms with Gasteiger partial charge in [-0.15, -0.1) is 0 Å². The minimum Gasteiger partial charge on any atom is -0.453 e. The average Bonchev–Trinajstić information content (AvgIpc) is 3.14. The quantitative estimate of drug-likeness (QED) is 0.181. The van der Waals surface area contributed by atoms with Gasteiger partial charge < -0.3 is 24.2 Å². The average molecular weight is 632 g/mol. The molecule has 1 unspecified atom stereocenters. The fourth-order valence-electron chi connectivity index (χ4n) is 8.48. The van der Waals surface area contributed by atoms with E-state index in [-0.39, 0.29) is 6.71 Å². The number of benzene rings is 6. The van der Waals surface area contributed by atoms with E-state index in [0.717, 1.165) is 74.9 Å². The summed E-state index contributed by atoms with van der Waals surface area (Å²) in [5.41, 5.74) is 13.7. The highest BCUT2D eigenvalue weighted by Crippen LogP contribution is 2.55. The summed E-state index contributed by atoms with van der Waals surface area (Å²) in [5, 5.41) is 0. The van der Waals surface area contributed by atoms with Crippen molar-refractivity contribution in [3.63, 3.8) is 0 Å². The van der Waals surface area contributed by atoms with Gasteiger partial charge in [0, 0.05) is 22.7 Å². The number of hydrogen-bond donors (Lipinski definition) is 0. The van der Waals surface area contributed by atoms with Crippen LogP contribution in [0.1, 0.15) is 13.3 Å². The zero-order valence-corrected chi connectivity index (χ0v) is 26.9. The van der Waals surface area contributed by atoms with E-state index < -0.39 is 0 Å². The summed E-state index contributed by atoms with van der Waals surface area (Å²) in [4.78, 5) is 7.30. The van der Waals surface area contributed by atoms with Crippen molar-refractivity contribution >= 4 is 68.6 Å². The Hall–Kier alpha value is -6.14. The second-order valence-corrected chi connectivity index (χ2v) is 13.4. The maximum absolute atomic E-state index is 6.74. The van der Waals surface area contributed by atoms with Crippen molar-refractivity contribution in [1.82, 2.24) is 0 Å². The zero-order chi connectivity index (χ0) is 32.2. The molecule has 6 aromatic carbocycles. The third-order valence-electron chi connectivity index (χ3n) is 10.5. The van der Waals surface area contributed by atoms with Gasteiger partial charge in [0.15, 0.2) is 17.2 Å². The van der Waals surface area contributed by atoms with E-state index in [1.54, 1.807) is 0 Å². The van der Waals surface area contributed by atoms with Crippen LogP contribution in [0.25, 0.3) is 0 Å². The Morgan fingerprint density at radius 1 is 0.592 bits per heavy atom. The molecule has 5 aliphatic rings. The minimum atomic E-state index is -0.00976. The normalized spacial score (nSPS) is 16.8. The van der Waals surface area contributed by atoms with Crippen LogP contribution in [0.2, 0.25) is 0 Å². The summed E-state index contributed by atoms with van der Waals surface area (Å²) >= 11 is 0. The molecule has 0 saturated heterocycles. The maximum Gasteiger partial charge on any atom is 0.252 e. The molecule has 6 heteroatoms. The molecule has 6 aromatic rings. The van der Waals surface area contributed by atoms with Gasteiger partial charge in [-0.05, 0) is 95.5 Å². The Balaban J connectivity index is 1.28. The van der Waals surface area contributed by atoms with Crippen molar-refractivity contribution in [3.8, 4) is 17.2 Å². The smallest absolute Gasteiger partial charge is 0.252 e. The van der Waals surface area contributed by atoms with Crippen molar-refractivity contribution < 1.29 is 9.47 Å². The van der Waals surface area contributed by atoms with Crippen LogP contribution in [0.15, 0.2) is 157 Å². The Bertz CT molecular complexity index is 2380. The highest BCUT2D eigenvalue weighted by Gasteiger charge is 2.49. The summed E-state index contributed by atoms with van der Waals surface area (Å²) in [6, 6.07) is 47.6. The number of hydrogen-bond acceptors (Lipinski definition) is 5. The van der Waals surface area contributed by atoms with Crippen molar-refractivity contribution in [2.75, 3.05) is 14.7 Å². The molecule has 0 radical (unpaired) electrons. The van der Waals surface area contributed by atoms with E-state index in [1.165, 1.54) is 22.1 Å². The van der Waals surface area contributed by atoms with Crippen LogP contribution in [-0.2, 0) is 0 Å². The molecule has 0 aromatic heterocycles. The zero-order valence-electron chi connectivity index (χ0n) is 26.9.